The van der Waals surface area contributed by atoms with Gasteiger partial charge in [0.2, 0.25) is 5.91 Å². The number of anilines is 1. The van der Waals surface area contributed by atoms with E-state index in [1.807, 2.05) is 0 Å². The minimum absolute atomic E-state index is 0.247. The molecule has 1 aromatic carbocycles. The van der Waals surface area contributed by atoms with E-state index in [2.05, 4.69) is 21.2 Å². The Bertz CT molecular complexity index is 509. The zero-order chi connectivity index (χ0) is 13.5. The topological polar surface area (TPSA) is 79.2 Å². The molecule has 0 aliphatic heterocycles. The number of carbonyl (C=O) groups excluding carboxylic acids is 2. The van der Waals surface area contributed by atoms with Crippen molar-refractivity contribution in [3.8, 4) is 6.07 Å². The van der Waals surface area contributed by atoms with Crippen LogP contribution >= 0.6 is 15.9 Å². The fraction of sp³-hybridized carbons (Fsp3) is 0.250. The van der Waals surface area contributed by atoms with Crippen LogP contribution in [0.2, 0.25) is 0 Å². The Morgan fingerprint density at radius 3 is 2.83 bits per heavy atom. The minimum Gasteiger partial charge on any atom is -0.462 e. The normalized spacial score (nSPS) is 9.39. The number of nitriles is 1. The van der Waals surface area contributed by atoms with Crippen LogP contribution < -0.4 is 5.32 Å². The number of benzene rings is 1. The third-order valence-corrected chi connectivity index (χ3v) is 2.48. The van der Waals surface area contributed by atoms with Crippen molar-refractivity contribution in [2.24, 2.45) is 0 Å². The summed E-state index contributed by atoms with van der Waals surface area (Å²) in [6.45, 7) is 1.95. The zero-order valence-corrected chi connectivity index (χ0v) is 11.3. The Balaban J connectivity index is 3.00. The van der Waals surface area contributed by atoms with E-state index >= 15 is 0 Å². The van der Waals surface area contributed by atoms with E-state index < -0.39 is 11.9 Å². The molecular weight excluding hydrogens is 300 g/mol. The molecule has 5 nitrogen and oxygen atoms in total. The van der Waals surface area contributed by atoms with Gasteiger partial charge in [0.15, 0.2) is 0 Å². The predicted octanol–water partition coefficient (Wildman–Crippen LogP) is 2.48. The maximum atomic E-state index is 11.7. The van der Waals surface area contributed by atoms with Crippen LogP contribution in [0.3, 0.4) is 0 Å². The maximum absolute atomic E-state index is 11.7. The Kier molecular flexibility index (Phi) is 5.33. The SMILES string of the molecule is CCOC(=O)c1cc(Br)ccc1NC(=O)CC#N. The van der Waals surface area contributed by atoms with E-state index in [1.165, 1.54) is 0 Å². The molecule has 18 heavy (non-hydrogen) atoms. The molecule has 1 rings (SSSR count). The van der Waals surface area contributed by atoms with E-state index in [9.17, 15) is 9.59 Å². The maximum Gasteiger partial charge on any atom is 0.340 e. The third-order valence-electron chi connectivity index (χ3n) is 1.99. The summed E-state index contributed by atoms with van der Waals surface area (Å²) >= 11 is 3.24. The van der Waals surface area contributed by atoms with E-state index in [4.69, 9.17) is 10.00 Å². The molecule has 0 saturated heterocycles. The predicted molar refractivity (Wildman–Crippen MR) is 69.0 cm³/mol. The van der Waals surface area contributed by atoms with Crippen molar-refractivity contribution in [2.45, 2.75) is 13.3 Å². The van der Waals surface area contributed by atoms with Crippen molar-refractivity contribution < 1.29 is 14.3 Å². The molecule has 1 amide bonds. The number of hydrogen-bond acceptors (Lipinski definition) is 4. The van der Waals surface area contributed by atoms with Crippen molar-refractivity contribution in [3.63, 3.8) is 0 Å². The molecule has 0 atom stereocenters. The lowest BCUT2D eigenvalue weighted by Gasteiger charge is -2.09. The number of hydrogen-bond donors (Lipinski definition) is 1. The average molecular weight is 311 g/mol. The largest absolute Gasteiger partial charge is 0.462 e. The van der Waals surface area contributed by atoms with Crippen molar-refractivity contribution >= 4 is 33.5 Å². The van der Waals surface area contributed by atoms with Gasteiger partial charge in [-0.2, -0.15) is 5.26 Å². The van der Waals surface area contributed by atoms with Crippen molar-refractivity contribution in [1.29, 1.82) is 5.26 Å². The first-order valence-electron chi connectivity index (χ1n) is 5.22. The quantitative estimate of drug-likeness (QED) is 0.866. The summed E-state index contributed by atoms with van der Waals surface area (Å²) in [5, 5.41) is 10.9. The van der Waals surface area contributed by atoms with Crippen LogP contribution in [0, 0.1) is 11.3 Å². The molecule has 0 aliphatic rings. The second kappa shape index (κ2) is 6.77. The van der Waals surface area contributed by atoms with Crippen molar-refractivity contribution in [1.82, 2.24) is 0 Å². The molecule has 0 radical (unpaired) electrons. The Hall–Kier alpha value is -1.87. The summed E-state index contributed by atoms with van der Waals surface area (Å²) < 4.78 is 5.59. The smallest absolute Gasteiger partial charge is 0.340 e. The van der Waals surface area contributed by atoms with Crippen molar-refractivity contribution in [3.05, 3.63) is 28.2 Å². The molecule has 6 heteroatoms. The van der Waals surface area contributed by atoms with E-state index in [0.717, 1.165) is 0 Å². The highest BCUT2D eigenvalue weighted by Crippen LogP contribution is 2.22. The van der Waals surface area contributed by atoms with Crippen LogP contribution in [0.5, 0.6) is 0 Å². The fourth-order valence-electron chi connectivity index (χ4n) is 1.27. The number of halogens is 1. The Morgan fingerprint density at radius 1 is 1.50 bits per heavy atom. The van der Waals surface area contributed by atoms with Crippen molar-refractivity contribution in [2.75, 3.05) is 11.9 Å². The van der Waals surface area contributed by atoms with Crippen LogP contribution in [-0.2, 0) is 9.53 Å². The molecule has 0 aromatic heterocycles. The minimum atomic E-state index is -0.522. The molecule has 94 valence electrons. The van der Waals surface area contributed by atoms with Crippen LogP contribution in [0.4, 0.5) is 5.69 Å². The second-order valence-corrected chi connectivity index (χ2v) is 4.21. The number of amides is 1. The number of esters is 1. The molecule has 1 aromatic rings. The average Bonchev–Trinajstić information content (AvgIpc) is 2.32. The van der Waals surface area contributed by atoms with E-state index in [0.29, 0.717) is 10.2 Å². The molecule has 0 fully saturated rings. The van der Waals surface area contributed by atoms with Gasteiger partial charge in [-0.05, 0) is 25.1 Å². The van der Waals surface area contributed by atoms with Crippen LogP contribution in [0.25, 0.3) is 0 Å². The van der Waals surface area contributed by atoms with Gasteiger partial charge in [-0.3, -0.25) is 4.79 Å². The second-order valence-electron chi connectivity index (χ2n) is 3.29. The molecule has 0 spiro atoms. The molecular formula is C12H11BrN2O3. The zero-order valence-electron chi connectivity index (χ0n) is 9.70. The van der Waals surface area contributed by atoms with Gasteiger partial charge in [-0.25, -0.2) is 4.79 Å². The van der Waals surface area contributed by atoms with Gasteiger partial charge < -0.3 is 10.1 Å². The third kappa shape index (κ3) is 3.86. The molecule has 1 N–H and O–H groups in total. The van der Waals surface area contributed by atoms with Gasteiger partial charge in [-0.1, -0.05) is 15.9 Å². The van der Waals surface area contributed by atoms with Gasteiger partial charge in [0.1, 0.15) is 6.42 Å². The highest BCUT2D eigenvalue weighted by molar-refractivity contribution is 9.10. The first kappa shape index (κ1) is 14.2. The highest BCUT2D eigenvalue weighted by atomic mass is 79.9. The number of rotatable bonds is 4. The first-order chi connectivity index (χ1) is 8.58. The summed E-state index contributed by atoms with van der Waals surface area (Å²) in [5.41, 5.74) is 0.578. The molecule has 0 unspecified atom stereocenters. The molecule has 0 heterocycles. The summed E-state index contributed by atoms with van der Waals surface area (Å²) in [6.07, 6.45) is -0.266. The van der Waals surface area contributed by atoms with Crippen LogP contribution in [0.1, 0.15) is 23.7 Å². The Labute approximate surface area is 113 Å². The Morgan fingerprint density at radius 2 is 2.22 bits per heavy atom. The monoisotopic (exact) mass is 310 g/mol. The van der Waals surface area contributed by atoms with Crippen LogP contribution in [0.15, 0.2) is 22.7 Å². The van der Waals surface area contributed by atoms with Gasteiger partial charge in [0, 0.05) is 4.47 Å². The van der Waals surface area contributed by atoms with E-state index in [1.54, 1.807) is 31.2 Å². The first-order valence-corrected chi connectivity index (χ1v) is 6.01. The lowest BCUT2D eigenvalue weighted by molar-refractivity contribution is -0.115. The van der Waals surface area contributed by atoms with E-state index in [-0.39, 0.29) is 18.6 Å². The highest BCUT2D eigenvalue weighted by Gasteiger charge is 2.14. The molecule has 0 bridgehead atoms. The van der Waals surface area contributed by atoms with Crippen LogP contribution in [-0.4, -0.2) is 18.5 Å². The number of nitrogens with one attached hydrogen (secondary N) is 1. The lowest BCUT2D eigenvalue weighted by atomic mass is 10.1. The number of ether oxygens (including phenoxy) is 1. The number of carbonyl (C=O) groups is 2. The van der Waals surface area contributed by atoms with Gasteiger partial charge in [0.25, 0.3) is 0 Å². The fourth-order valence-corrected chi connectivity index (χ4v) is 1.63. The summed E-state index contributed by atoms with van der Waals surface area (Å²) in [6, 6.07) is 6.55. The van der Waals surface area contributed by atoms with Gasteiger partial charge >= 0.3 is 5.97 Å². The summed E-state index contributed by atoms with van der Waals surface area (Å²) in [7, 11) is 0. The number of nitrogens with zero attached hydrogens (tertiary/aromatic N) is 1. The standard InChI is InChI=1S/C12H11BrN2O3/c1-2-18-12(17)9-7-8(13)3-4-10(9)15-11(16)5-6-14/h3-4,7H,2,5H2,1H3,(H,15,16). The summed E-state index contributed by atoms with van der Waals surface area (Å²) in [4.78, 5) is 23.0. The van der Waals surface area contributed by atoms with Gasteiger partial charge in [-0.15, -0.1) is 0 Å². The lowest BCUT2D eigenvalue weighted by Crippen LogP contribution is -2.15. The molecule has 0 saturated carbocycles. The molecule has 0 aliphatic carbocycles. The van der Waals surface area contributed by atoms with Gasteiger partial charge in [0.05, 0.1) is 23.9 Å². The summed E-state index contributed by atoms with van der Waals surface area (Å²) in [5.74, 6) is -0.989.